The van der Waals surface area contributed by atoms with Crippen molar-refractivity contribution in [2.24, 2.45) is 0 Å². The van der Waals surface area contributed by atoms with Crippen molar-refractivity contribution in [1.82, 2.24) is 4.90 Å². The summed E-state index contributed by atoms with van der Waals surface area (Å²) in [5, 5.41) is 0. The minimum absolute atomic E-state index is 0.0711. The molecule has 1 saturated heterocycles. The number of ether oxygens (including phenoxy) is 2. The van der Waals surface area contributed by atoms with Gasteiger partial charge in [-0.25, -0.2) is 0 Å². The molecule has 0 aromatic rings. The van der Waals surface area contributed by atoms with Crippen LogP contribution in [0.15, 0.2) is 11.6 Å². The SMILES string of the molecule is CCO[C@@H]1[C@H]2CC[C@H]1OCCN2C(=O)CC1=CCCCC1. The van der Waals surface area contributed by atoms with Crippen molar-refractivity contribution in [2.45, 2.75) is 70.1 Å². The van der Waals surface area contributed by atoms with E-state index in [4.69, 9.17) is 9.47 Å². The van der Waals surface area contributed by atoms with Gasteiger partial charge in [-0.2, -0.15) is 0 Å². The highest BCUT2D eigenvalue weighted by Crippen LogP contribution is 2.33. The van der Waals surface area contributed by atoms with Crippen molar-refractivity contribution in [2.75, 3.05) is 19.8 Å². The molecule has 0 N–H and O–H groups in total. The summed E-state index contributed by atoms with van der Waals surface area (Å²) < 4.78 is 11.8. The molecule has 4 nitrogen and oxygen atoms in total. The van der Waals surface area contributed by atoms with Gasteiger partial charge in [-0.05, 0) is 45.4 Å². The van der Waals surface area contributed by atoms with Crippen LogP contribution in [0.25, 0.3) is 0 Å². The number of hydrogen-bond donors (Lipinski definition) is 0. The van der Waals surface area contributed by atoms with E-state index < -0.39 is 0 Å². The van der Waals surface area contributed by atoms with Crippen LogP contribution in [0.1, 0.15) is 51.9 Å². The molecule has 4 heteroatoms. The molecule has 0 unspecified atom stereocenters. The van der Waals surface area contributed by atoms with E-state index in [9.17, 15) is 4.79 Å². The number of carbonyl (C=O) groups is 1. The minimum Gasteiger partial charge on any atom is -0.374 e. The lowest BCUT2D eigenvalue weighted by Gasteiger charge is -2.31. The minimum atomic E-state index is 0.0711. The van der Waals surface area contributed by atoms with E-state index in [1.54, 1.807) is 0 Å². The van der Waals surface area contributed by atoms with Gasteiger partial charge in [0.15, 0.2) is 0 Å². The van der Waals surface area contributed by atoms with Gasteiger partial charge in [0.1, 0.15) is 6.10 Å². The Morgan fingerprint density at radius 2 is 2.33 bits per heavy atom. The van der Waals surface area contributed by atoms with Gasteiger partial charge in [0.2, 0.25) is 5.91 Å². The van der Waals surface area contributed by atoms with Crippen LogP contribution >= 0.6 is 0 Å². The zero-order chi connectivity index (χ0) is 14.7. The van der Waals surface area contributed by atoms with Crippen LogP contribution in [-0.4, -0.2) is 48.8 Å². The molecule has 2 aliphatic carbocycles. The third kappa shape index (κ3) is 3.32. The summed E-state index contributed by atoms with van der Waals surface area (Å²) in [7, 11) is 0. The second kappa shape index (κ2) is 6.93. The van der Waals surface area contributed by atoms with Gasteiger partial charge in [-0.1, -0.05) is 11.6 Å². The maximum atomic E-state index is 12.7. The number of nitrogens with zero attached hydrogens (tertiary/aromatic N) is 1. The second-order valence-corrected chi connectivity index (χ2v) is 6.35. The molecule has 3 rings (SSSR count). The molecule has 1 amide bonds. The predicted octanol–water partition coefficient (Wildman–Crippen LogP) is 2.67. The predicted molar refractivity (Wildman–Crippen MR) is 81.1 cm³/mol. The van der Waals surface area contributed by atoms with Gasteiger partial charge >= 0.3 is 0 Å². The summed E-state index contributed by atoms with van der Waals surface area (Å²) in [4.78, 5) is 14.8. The smallest absolute Gasteiger partial charge is 0.227 e. The van der Waals surface area contributed by atoms with Crippen LogP contribution < -0.4 is 0 Å². The van der Waals surface area contributed by atoms with E-state index in [1.165, 1.54) is 18.4 Å². The third-order valence-electron chi connectivity index (χ3n) is 5.00. The Balaban J connectivity index is 1.67. The molecule has 0 aromatic heterocycles. The number of rotatable bonds is 4. The first-order valence-corrected chi connectivity index (χ1v) is 8.50. The highest BCUT2D eigenvalue weighted by atomic mass is 16.5. The van der Waals surface area contributed by atoms with E-state index in [2.05, 4.69) is 6.08 Å². The van der Waals surface area contributed by atoms with Gasteiger partial charge < -0.3 is 14.4 Å². The number of carbonyl (C=O) groups excluding carboxylic acids is 1. The normalized spacial score (nSPS) is 32.7. The molecule has 2 bridgehead atoms. The largest absolute Gasteiger partial charge is 0.374 e. The average Bonchev–Trinajstić information content (AvgIpc) is 2.76. The van der Waals surface area contributed by atoms with Gasteiger partial charge in [0.25, 0.3) is 0 Å². The lowest BCUT2D eigenvalue weighted by atomic mass is 9.96. The number of fused-ring (bicyclic) bond motifs is 2. The molecule has 1 aliphatic heterocycles. The quantitative estimate of drug-likeness (QED) is 0.748. The van der Waals surface area contributed by atoms with Crippen LogP contribution in [0.5, 0.6) is 0 Å². The van der Waals surface area contributed by atoms with E-state index in [-0.39, 0.29) is 24.2 Å². The van der Waals surface area contributed by atoms with E-state index in [0.29, 0.717) is 19.6 Å². The Kier molecular flexibility index (Phi) is 4.96. The summed E-state index contributed by atoms with van der Waals surface area (Å²) in [6.07, 6.45) is 9.89. The first-order chi connectivity index (χ1) is 10.3. The number of hydrogen-bond acceptors (Lipinski definition) is 3. The van der Waals surface area contributed by atoms with Gasteiger partial charge in [0, 0.05) is 19.6 Å². The fraction of sp³-hybridized carbons (Fsp3) is 0.824. The summed E-state index contributed by atoms with van der Waals surface area (Å²) in [5.74, 6) is 0.268. The van der Waals surface area contributed by atoms with Crippen molar-refractivity contribution in [3.63, 3.8) is 0 Å². The number of amides is 1. The van der Waals surface area contributed by atoms with Gasteiger partial charge in [-0.15, -0.1) is 0 Å². The number of allylic oxidation sites excluding steroid dienone is 1. The summed E-state index contributed by atoms with van der Waals surface area (Å²) in [6.45, 7) is 4.07. The Labute approximate surface area is 127 Å². The van der Waals surface area contributed by atoms with Crippen LogP contribution in [-0.2, 0) is 14.3 Å². The first-order valence-electron chi connectivity index (χ1n) is 8.50. The molecule has 0 spiro atoms. The van der Waals surface area contributed by atoms with Crippen LogP contribution in [0.3, 0.4) is 0 Å². The Hall–Kier alpha value is -0.870. The second-order valence-electron chi connectivity index (χ2n) is 6.35. The average molecular weight is 293 g/mol. The van der Waals surface area contributed by atoms with Crippen molar-refractivity contribution in [3.05, 3.63) is 11.6 Å². The van der Waals surface area contributed by atoms with Crippen LogP contribution in [0.2, 0.25) is 0 Å². The summed E-state index contributed by atoms with van der Waals surface area (Å²) >= 11 is 0. The molecule has 3 aliphatic rings. The van der Waals surface area contributed by atoms with Crippen molar-refractivity contribution >= 4 is 5.91 Å². The monoisotopic (exact) mass is 293 g/mol. The Morgan fingerprint density at radius 1 is 1.43 bits per heavy atom. The summed E-state index contributed by atoms with van der Waals surface area (Å²) in [6, 6.07) is 0.217. The molecule has 21 heavy (non-hydrogen) atoms. The van der Waals surface area contributed by atoms with Crippen molar-refractivity contribution in [1.29, 1.82) is 0 Å². The zero-order valence-corrected chi connectivity index (χ0v) is 13.1. The molecule has 1 saturated carbocycles. The van der Waals surface area contributed by atoms with E-state index >= 15 is 0 Å². The first kappa shape index (κ1) is 15.0. The molecule has 1 heterocycles. The van der Waals surface area contributed by atoms with E-state index in [0.717, 1.165) is 32.2 Å². The van der Waals surface area contributed by atoms with E-state index in [1.807, 2.05) is 11.8 Å². The Bertz CT molecular complexity index is 407. The molecule has 0 radical (unpaired) electrons. The molecular weight excluding hydrogens is 266 g/mol. The zero-order valence-electron chi connectivity index (χ0n) is 13.1. The molecule has 118 valence electrons. The highest BCUT2D eigenvalue weighted by Gasteiger charge is 2.44. The maximum absolute atomic E-state index is 12.7. The highest BCUT2D eigenvalue weighted by molar-refractivity contribution is 5.79. The lowest BCUT2D eigenvalue weighted by Crippen LogP contribution is -2.46. The Morgan fingerprint density at radius 3 is 3.10 bits per heavy atom. The van der Waals surface area contributed by atoms with Crippen molar-refractivity contribution in [3.8, 4) is 0 Å². The maximum Gasteiger partial charge on any atom is 0.227 e. The standard InChI is InChI=1S/C17H27NO3/c1-2-20-17-14-8-9-15(17)21-11-10-18(14)16(19)12-13-6-4-3-5-7-13/h6,14-15,17H,2-5,7-12H2,1H3/t14-,15-,17-/m1/s1. The molecule has 0 aromatic carbocycles. The van der Waals surface area contributed by atoms with Gasteiger partial charge in [-0.3, -0.25) is 4.79 Å². The fourth-order valence-corrected chi connectivity index (χ4v) is 3.97. The molecular formula is C17H27NO3. The lowest BCUT2D eigenvalue weighted by molar-refractivity contribution is -0.135. The molecule has 2 fully saturated rings. The molecule has 3 atom stereocenters. The third-order valence-corrected chi connectivity index (χ3v) is 5.00. The summed E-state index contributed by atoms with van der Waals surface area (Å²) in [5.41, 5.74) is 1.33. The van der Waals surface area contributed by atoms with Crippen LogP contribution in [0, 0.1) is 0 Å². The van der Waals surface area contributed by atoms with Crippen molar-refractivity contribution < 1.29 is 14.3 Å². The van der Waals surface area contributed by atoms with Crippen LogP contribution in [0.4, 0.5) is 0 Å². The topological polar surface area (TPSA) is 38.8 Å². The van der Waals surface area contributed by atoms with Gasteiger partial charge in [0.05, 0.1) is 18.8 Å². The fourth-order valence-electron chi connectivity index (χ4n) is 3.97.